The minimum absolute atomic E-state index is 0.224. The molecule has 84 heavy (non-hydrogen) atoms. The molecule has 6 heteroatoms. The first-order chi connectivity index (χ1) is 41.4. The Hall–Kier alpha value is -8.46. The first-order valence-corrected chi connectivity index (χ1v) is 32.8. The van der Waals surface area contributed by atoms with Gasteiger partial charge in [0.05, 0.1) is 0 Å². The lowest BCUT2D eigenvalue weighted by Gasteiger charge is -2.34. The highest BCUT2D eigenvalue weighted by Crippen LogP contribution is 2.51. The first-order valence-electron chi connectivity index (χ1n) is 28.8. The summed E-state index contributed by atoms with van der Waals surface area (Å²) in [5.41, 5.74) is 17.6. The zero-order chi connectivity index (χ0) is 55.2. The molecule has 0 saturated heterocycles. The summed E-state index contributed by atoms with van der Waals surface area (Å²) in [5, 5.41) is 21.7. The fourth-order valence-corrected chi connectivity index (χ4v) is 20.5. The highest BCUT2D eigenvalue weighted by Gasteiger charge is 2.39. The molecular weight excluding hydrogens is 1160 g/mol. The molecule has 20 rings (SSSR count). The van der Waals surface area contributed by atoms with Gasteiger partial charge in [-0.15, -0.1) is 45.3 Å². The van der Waals surface area contributed by atoms with E-state index >= 15 is 0 Å². The Morgan fingerprint density at radius 3 is 0.940 bits per heavy atom. The summed E-state index contributed by atoms with van der Waals surface area (Å²) in [4.78, 5) is 0. The number of hydrogen-bond donors (Lipinski definition) is 0. The molecule has 0 spiro atoms. The van der Waals surface area contributed by atoms with Gasteiger partial charge in [0.2, 0.25) is 6.71 Å². The van der Waals surface area contributed by atoms with Crippen molar-refractivity contribution in [1.82, 2.24) is 0 Å². The van der Waals surface area contributed by atoms with Crippen LogP contribution in [0.2, 0.25) is 0 Å². The zero-order valence-corrected chi connectivity index (χ0v) is 50.4. The van der Waals surface area contributed by atoms with Gasteiger partial charge in [0, 0.05) is 95.9 Å². The Morgan fingerprint density at radius 2 is 0.560 bits per heavy atom. The number of aryl methyl sites for hydroxylation is 2. The van der Waals surface area contributed by atoms with E-state index in [9.17, 15) is 0 Å². The van der Waals surface area contributed by atoms with Gasteiger partial charge in [-0.2, -0.15) is 0 Å². The molecule has 390 valence electrons. The molecule has 0 nitrogen and oxygen atoms in total. The molecular formula is C78H44BBrS4. The Labute approximate surface area is 508 Å². The molecule has 4 aromatic heterocycles. The maximum atomic E-state index is 4.17. The topological polar surface area (TPSA) is 0 Å². The van der Waals surface area contributed by atoms with Crippen LogP contribution >= 0.6 is 61.3 Å². The van der Waals surface area contributed by atoms with E-state index in [1.54, 1.807) is 0 Å². The van der Waals surface area contributed by atoms with Crippen molar-refractivity contribution in [3.63, 3.8) is 0 Å². The minimum atomic E-state index is 0.224. The van der Waals surface area contributed by atoms with Crippen LogP contribution < -0.4 is 16.4 Å². The fraction of sp³-hybridized carbons (Fsp3) is 0.0256. The predicted molar refractivity (Wildman–Crippen MR) is 378 cm³/mol. The third-order valence-corrected chi connectivity index (χ3v) is 24.2. The van der Waals surface area contributed by atoms with Gasteiger partial charge in [0.25, 0.3) is 0 Å². The lowest BCUT2D eigenvalue weighted by atomic mass is 9.31. The molecule has 14 aromatic carbocycles. The molecule has 0 radical (unpaired) electrons. The van der Waals surface area contributed by atoms with Gasteiger partial charge in [-0.05, 0) is 166 Å². The van der Waals surface area contributed by atoms with E-state index in [2.05, 4.69) is 260 Å². The molecule has 18 aromatic rings. The van der Waals surface area contributed by atoms with Gasteiger partial charge in [-0.3, -0.25) is 0 Å². The summed E-state index contributed by atoms with van der Waals surface area (Å²) in [6, 6.07) is 86.8. The molecule has 0 aliphatic carbocycles. The van der Waals surface area contributed by atoms with E-state index in [4.69, 9.17) is 0 Å². The summed E-state index contributed by atoms with van der Waals surface area (Å²) in [6.45, 7) is 4.72. The quantitative estimate of drug-likeness (QED) is 0.151. The number of fused-ring (bicyclic) bond motifs is 22. The standard InChI is InChI=1S/C39H21BS2.C39H23BrS2/c1-20-16-27-25-18-29-21-8-2-4-14-33(21)41-38(29)23-10-6-12-31(35(23)25)40-32-13-7-11-24-36(32)26(28(17-20)37(27)40)19-30-22-9-3-5-15-34(22)42-39(24)30;1-22-18-31(29-20-33-25-12-6-8-16-35(25)41-38(33)27-14-4-2-10-23(27)29)37(40)32(19-22)30-21-34-26-13-7-9-17-36(26)42-39(34)28-15-5-3-11-24(28)30/h2-19H,1H3;2-21H,1H3. The van der Waals surface area contributed by atoms with Gasteiger partial charge >= 0.3 is 0 Å². The third-order valence-electron chi connectivity index (χ3n) is 18.4. The Bertz CT molecular complexity index is 5630. The van der Waals surface area contributed by atoms with Crippen molar-refractivity contribution in [3.05, 3.63) is 246 Å². The van der Waals surface area contributed by atoms with Crippen LogP contribution in [0.4, 0.5) is 0 Å². The van der Waals surface area contributed by atoms with Gasteiger partial charge in [-0.1, -0.05) is 198 Å². The Morgan fingerprint density at radius 1 is 0.262 bits per heavy atom. The lowest BCUT2D eigenvalue weighted by Crippen LogP contribution is -2.57. The van der Waals surface area contributed by atoms with E-state index in [1.165, 1.54) is 196 Å². The molecule has 0 atom stereocenters. The van der Waals surface area contributed by atoms with E-state index in [1.807, 2.05) is 45.3 Å². The molecule has 6 heterocycles. The molecule has 2 aliphatic rings. The Kier molecular flexibility index (Phi) is 10.2. The van der Waals surface area contributed by atoms with Gasteiger partial charge in [-0.25, -0.2) is 0 Å². The predicted octanol–water partition coefficient (Wildman–Crippen LogP) is 22.6. The van der Waals surface area contributed by atoms with Crippen LogP contribution in [0.15, 0.2) is 235 Å². The highest BCUT2D eigenvalue weighted by atomic mass is 79.9. The molecule has 0 bridgehead atoms. The second-order valence-electron chi connectivity index (χ2n) is 23.1. The number of hydrogen-bond acceptors (Lipinski definition) is 4. The molecule has 0 fully saturated rings. The van der Waals surface area contributed by atoms with Crippen LogP contribution in [0, 0.1) is 13.8 Å². The maximum absolute atomic E-state index is 4.17. The van der Waals surface area contributed by atoms with Crippen molar-refractivity contribution in [2.75, 3.05) is 0 Å². The molecule has 0 unspecified atom stereocenters. The smallest absolute Gasteiger partial charge is 0.135 e. The molecule has 2 aliphatic heterocycles. The first kappa shape index (κ1) is 48.0. The van der Waals surface area contributed by atoms with Crippen LogP contribution in [0.25, 0.3) is 168 Å². The zero-order valence-electron chi connectivity index (χ0n) is 45.5. The number of thiophene rings is 4. The van der Waals surface area contributed by atoms with Crippen LogP contribution in [0.1, 0.15) is 11.1 Å². The van der Waals surface area contributed by atoms with Crippen molar-refractivity contribution in [3.8, 4) is 44.5 Å². The normalized spacial score (nSPS) is 12.7. The van der Waals surface area contributed by atoms with E-state index in [-0.39, 0.29) is 6.71 Å². The van der Waals surface area contributed by atoms with E-state index in [0.29, 0.717) is 0 Å². The minimum Gasteiger partial charge on any atom is -0.135 e. The van der Waals surface area contributed by atoms with Crippen LogP contribution in [-0.2, 0) is 0 Å². The van der Waals surface area contributed by atoms with Crippen molar-refractivity contribution < 1.29 is 0 Å². The lowest BCUT2D eigenvalue weighted by molar-refractivity contribution is 1.45. The SMILES string of the molecule is Cc1cc(-c2cc3c4ccccc4sc3c3ccccc23)c(Br)c(-c2cc3c4ccccc4sc3c3ccccc23)c1.Cc1cc2c3c(c1)-c1cc4c5ccccc5sc4c4cccc(c14)B3c1cccc3c1c-2cc1c2ccccc2sc31. The van der Waals surface area contributed by atoms with Crippen molar-refractivity contribution in [1.29, 1.82) is 0 Å². The summed E-state index contributed by atoms with van der Waals surface area (Å²) in [7, 11) is 0. The highest BCUT2D eigenvalue weighted by molar-refractivity contribution is 9.10. The monoisotopic (exact) mass is 1200 g/mol. The molecule has 0 amide bonds. The average Bonchev–Trinajstić information content (AvgIpc) is 1.56. The third kappa shape index (κ3) is 6.63. The van der Waals surface area contributed by atoms with E-state index in [0.717, 1.165) is 4.47 Å². The van der Waals surface area contributed by atoms with E-state index < -0.39 is 0 Å². The average molecular weight is 1200 g/mol. The Balaban J connectivity index is 0.000000124. The van der Waals surface area contributed by atoms with Crippen LogP contribution in [0.3, 0.4) is 0 Å². The van der Waals surface area contributed by atoms with Crippen molar-refractivity contribution in [2.24, 2.45) is 0 Å². The summed E-state index contributed by atoms with van der Waals surface area (Å²) >= 11 is 11.8. The number of halogens is 1. The summed E-state index contributed by atoms with van der Waals surface area (Å²) < 4.78 is 12.1. The largest absolute Gasteiger partial charge is 0.244 e. The van der Waals surface area contributed by atoms with Gasteiger partial charge in [0.15, 0.2) is 0 Å². The summed E-state index contributed by atoms with van der Waals surface area (Å²) in [6.07, 6.45) is 0. The van der Waals surface area contributed by atoms with Crippen LogP contribution in [0.5, 0.6) is 0 Å². The number of benzene rings is 14. The molecule has 0 saturated carbocycles. The van der Waals surface area contributed by atoms with Crippen molar-refractivity contribution in [2.45, 2.75) is 13.8 Å². The molecule has 0 N–H and O–H groups in total. The second kappa shape index (κ2) is 17.8. The van der Waals surface area contributed by atoms with Gasteiger partial charge in [0.1, 0.15) is 0 Å². The fourth-order valence-electron chi connectivity index (χ4n) is 15.0. The number of rotatable bonds is 2. The van der Waals surface area contributed by atoms with Gasteiger partial charge < -0.3 is 0 Å². The maximum Gasteiger partial charge on any atom is 0.244 e. The van der Waals surface area contributed by atoms with Crippen LogP contribution in [-0.4, -0.2) is 6.71 Å². The van der Waals surface area contributed by atoms with Crippen molar-refractivity contribution >= 4 is 208 Å². The summed E-state index contributed by atoms with van der Waals surface area (Å²) in [5.74, 6) is 0. The second-order valence-corrected chi connectivity index (χ2v) is 28.1.